The van der Waals surface area contributed by atoms with Gasteiger partial charge in [-0.1, -0.05) is 46.3 Å². The summed E-state index contributed by atoms with van der Waals surface area (Å²) >= 11 is 1.89. The molecule has 0 amide bonds. The highest BCUT2D eigenvalue weighted by Gasteiger charge is 2.11. The van der Waals surface area contributed by atoms with E-state index in [1.165, 1.54) is 4.90 Å². The molecule has 0 spiro atoms. The fourth-order valence-corrected chi connectivity index (χ4v) is 2.72. The summed E-state index contributed by atoms with van der Waals surface area (Å²) in [5, 5.41) is 0. The molecule has 0 heterocycles. The molecule has 0 aromatic heterocycles. The lowest BCUT2D eigenvalue weighted by molar-refractivity contribution is 0.803. The lowest BCUT2D eigenvalue weighted by atomic mass is 10.2. The average molecular weight is 262 g/mol. The lowest BCUT2D eigenvalue weighted by Crippen LogP contribution is -2.16. The third kappa shape index (κ3) is 6.60. The van der Waals surface area contributed by atoms with Crippen molar-refractivity contribution in [3.05, 3.63) is 29.8 Å². The Morgan fingerprint density at radius 3 is 1.94 bits per heavy atom. The highest BCUT2D eigenvalue weighted by Crippen LogP contribution is 2.31. The number of thioether (sulfide) groups is 1. The van der Waals surface area contributed by atoms with Gasteiger partial charge in [0.2, 0.25) is 0 Å². The molecular formula is C15H22SSi. The zero-order valence-electron chi connectivity index (χ0n) is 11.7. The first-order chi connectivity index (χ1) is 7.66. The van der Waals surface area contributed by atoms with Crippen molar-refractivity contribution in [2.75, 3.05) is 0 Å². The summed E-state index contributed by atoms with van der Waals surface area (Å²) < 4.78 is 0.269. The Labute approximate surface area is 111 Å². The molecule has 1 rings (SSSR count). The maximum Gasteiger partial charge on any atom is 0.129 e. The van der Waals surface area contributed by atoms with Crippen LogP contribution in [0.3, 0.4) is 0 Å². The van der Waals surface area contributed by atoms with E-state index in [0.29, 0.717) is 0 Å². The van der Waals surface area contributed by atoms with Gasteiger partial charge in [0.15, 0.2) is 0 Å². The second-order valence-corrected chi connectivity index (χ2v) is 12.9. The van der Waals surface area contributed by atoms with E-state index in [2.05, 4.69) is 76.1 Å². The summed E-state index contributed by atoms with van der Waals surface area (Å²) in [4.78, 5) is 1.32. The maximum atomic E-state index is 3.39. The predicted octanol–water partition coefficient (Wildman–Crippen LogP) is 4.81. The van der Waals surface area contributed by atoms with Crippen LogP contribution >= 0.6 is 11.8 Å². The average Bonchev–Trinajstić information content (AvgIpc) is 2.13. The van der Waals surface area contributed by atoms with Gasteiger partial charge < -0.3 is 0 Å². The van der Waals surface area contributed by atoms with Gasteiger partial charge in [-0.2, -0.15) is 0 Å². The molecule has 0 radical (unpaired) electrons. The van der Waals surface area contributed by atoms with Crippen molar-refractivity contribution in [2.45, 2.75) is 50.1 Å². The zero-order valence-corrected chi connectivity index (χ0v) is 13.5. The molecule has 17 heavy (non-hydrogen) atoms. The van der Waals surface area contributed by atoms with Crippen LogP contribution in [0.5, 0.6) is 0 Å². The van der Waals surface area contributed by atoms with Crippen LogP contribution in [0.4, 0.5) is 0 Å². The summed E-state index contributed by atoms with van der Waals surface area (Å²) in [5.41, 5.74) is 4.52. The molecule has 0 saturated heterocycles. The summed E-state index contributed by atoms with van der Waals surface area (Å²) in [6, 6.07) is 8.59. The van der Waals surface area contributed by atoms with Gasteiger partial charge in [-0.15, -0.1) is 17.3 Å². The Balaban J connectivity index is 2.78. The van der Waals surface area contributed by atoms with E-state index in [9.17, 15) is 0 Å². The Bertz CT molecular complexity index is 421. The van der Waals surface area contributed by atoms with E-state index in [1.54, 1.807) is 0 Å². The van der Waals surface area contributed by atoms with Gasteiger partial charge in [0.1, 0.15) is 8.07 Å². The first-order valence-corrected chi connectivity index (χ1v) is 10.3. The first kappa shape index (κ1) is 14.4. The molecule has 0 aliphatic carbocycles. The zero-order chi connectivity index (χ0) is 13.1. The monoisotopic (exact) mass is 262 g/mol. The topological polar surface area (TPSA) is 0 Å². The quantitative estimate of drug-likeness (QED) is 0.398. The van der Waals surface area contributed by atoms with Crippen molar-refractivity contribution in [1.29, 1.82) is 0 Å². The minimum Gasteiger partial charge on any atom is -0.127 e. The van der Waals surface area contributed by atoms with Gasteiger partial charge >= 0.3 is 0 Å². The number of benzene rings is 1. The molecule has 0 nitrogen and oxygen atoms in total. The molecule has 1 aromatic carbocycles. The van der Waals surface area contributed by atoms with Crippen molar-refractivity contribution in [3.8, 4) is 11.5 Å². The van der Waals surface area contributed by atoms with Crippen molar-refractivity contribution in [3.63, 3.8) is 0 Å². The SMILES string of the molecule is CC(C)(C)Sc1ccc(C#C[Si](C)(C)C)cc1. The van der Waals surface area contributed by atoms with Crippen LogP contribution in [0.1, 0.15) is 26.3 Å². The highest BCUT2D eigenvalue weighted by molar-refractivity contribution is 8.00. The van der Waals surface area contributed by atoms with E-state index in [-0.39, 0.29) is 4.75 Å². The van der Waals surface area contributed by atoms with E-state index in [0.717, 1.165) is 5.56 Å². The molecule has 92 valence electrons. The molecular weight excluding hydrogens is 240 g/mol. The number of hydrogen-bond acceptors (Lipinski definition) is 1. The number of hydrogen-bond donors (Lipinski definition) is 0. The molecule has 1 aromatic rings. The van der Waals surface area contributed by atoms with Gasteiger partial charge in [0.05, 0.1) is 0 Å². The highest BCUT2D eigenvalue weighted by atomic mass is 32.2. The smallest absolute Gasteiger partial charge is 0.127 e. The lowest BCUT2D eigenvalue weighted by Gasteiger charge is -2.17. The van der Waals surface area contributed by atoms with E-state index < -0.39 is 8.07 Å². The summed E-state index contributed by atoms with van der Waals surface area (Å²) in [6.45, 7) is 13.5. The summed E-state index contributed by atoms with van der Waals surface area (Å²) in [7, 11) is -1.26. The van der Waals surface area contributed by atoms with E-state index >= 15 is 0 Å². The molecule has 0 unspecified atom stereocenters. The van der Waals surface area contributed by atoms with Crippen molar-refractivity contribution in [1.82, 2.24) is 0 Å². The summed E-state index contributed by atoms with van der Waals surface area (Å²) in [6.07, 6.45) is 0. The number of rotatable bonds is 1. The van der Waals surface area contributed by atoms with Gasteiger partial charge in [-0.25, -0.2) is 0 Å². The first-order valence-electron chi connectivity index (χ1n) is 5.98. The Hall–Kier alpha value is -0.653. The van der Waals surface area contributed by atoms with Crippen LogP contribution in [-0.4, -0.2) is 12.8 Å². The molecule has 0 atom stereocenters. The standard InChI is InChI=1S/C15H22SSi/c1-15(2,3)16-14-9-7-13(8-10-14)11-12-17(4,5)6/h7-10H,1-6H3. The van der Waals surface area contributed by atoms with E-state index in [1.807, 2.05) is 11.8 Å². The maximum absolute atomic E-state index is 3.39. The second kappa shape index (κ2) is 5.33. The minimum atomic E-state index is -1.26. The van der Waals surface area contributed by atoms with Crippen LogP contribution in [0.15, 0.2) is 29.2 Å². The van der Waals surface area contributed by atoms with Gasteiger partial charge in [0, 0.05) is 15.2 Å². The fourth-order valence-electron chi connectivity index (χ4n) is 1.22. The van der Waals surface area contributed by atoms with Crippen molar-refractivity contribution >= 4 is 19.8 Å². The molecule has 0 fully saturated rings. The third-order valence-corrected chi connectivity index (χ3v) is 3.86. The van der Waals surface area contributed by atoms with Crippen LogP contribution < -0.4 is 0 Å². The largest absolute Gasteiger partial charge is 0.129 e. The summed E-state index contributed by atoms with van der Waals surface area (Å²) in [5.74, 6) is 3.28. The molecule has 0 N–H and O–H groups in total. The van der Waals surface area contributed by atoms with Crippen LogP contribution in [-0.2, 0) is 0 Å². The van der Waals surface area contributed by atoms with E-state index in [4.69, 9.17) is 0 Å². The Kier molecular flexibility index (Phi) is 4.52. The molecule has 0 bridgehead atoms. The van der Waals surface area contributed by atoms with Crippen LogP contribution in [0, 0.1) is 11.5 Å². The van der Waals surface area contributed by atoms with Crippen molar-refractivity contribution < 1.29 is 0 Å². The van der Waals surface area contributed by atoms with Gasteiger partial charge in [-0.3, -0.25) is 0 Å². The Morgan fingerprint density at radius 1 is 1.00 bits per heavy atom. The third-order valence-electron chi connectivity index (χ3n) is 1.86. The molecule has 0 saturated carbocycles. The van der Waals surface area contributed by atoms with Crippen LogP contribution in [0.2, 0.25) is 19.6 Å². The molecule has 0 aliphatic heterocycles. The molecule has 2 heteroatoms. The molecule has 0 aliphatic rings. The second-order valence-electron chi connectivity index (χ2n) is 6.24. The minimum absolute atomic E-state index is 0.269. The Morgan fingerprint density at radius 2 is 1.53 bits per heavy atom. The van der Waals surface area contributed by atoms with Gasteiger partial charge in [0.25, 0.3) is 0 Å². The predicted molar refractivity (Wildman–Crippen MR) is 82.3 cm³/mol. The van der Waals surface area contributed by atoms with Gasteiger partial charge in [-0.05, 0) is 24.3 Å². The van der Waals surface area contributed by atoms with Crippen molar-refractivity contribution in [2.24, 2.45) is 0 Å². The van der Waals surface area contributed by atoms with Crippen LogP contribution in [0.25, 0.3) is 0 Å². The fraction of sp³-hybridized carbons (Fsp3) is 0.467. The normalized spacial score (nSPS) is 11.9.